The number of benzene rings is 2. The van der Waals surface area contributed by atoms with Crippen molar-refractivity contribution in [2.75, 3.05) is 6.61 Å². The Balaban J connectivity index is 2.24. The largest absolute Gasteiger partial charge is 0.481 e. The van der Waals surface area contributed by atoms with Crippen molar-refractivity contribution in [3.8, 4) is 17.6 Å². The smallest absolute Gasteiger partial charge is 0.344 e. The van der Waals surface area contributed by atoms with Gasteiger partial charge in [0.1, 0.15) is 11.4 Å². The van der Waals surface area contributed by atoms with Gasteiger partial charge in [-0.3, -0.25) is 4.79 Å². The summed E-state index contributed by atoms with van der Waals surface area (Å²) in [5, 5.41) is 0. The maximum absolute atomic E-state index is 11.9. The van der Waals surface area contributed by atoms with Crippen molar-refractivity contribution in [3.05, 3.63) is 65.2 Å². The van der Waals surface area contributed by atoms with Crippen LogP contribution in [0.25, 0.3) is 0 Å². The zero-order chi connectivity index (χ0) is 19.2. The first-order valence-electron chi connectivity index (χ1n) is 8.31. The van der Waals surface area contributed by atoms with E-state index in [9.17, 15) is 9.59 Å². The van der Waals surface area contributed by atoms with Gasteiger partial charge in [0.05, 0.1) is 5.56 Å². The van der Waals surface area contributed by atoms with Crippen LogP contribution < -0.4 is 4.74 Å². The second kappa shape index (κ2) is 8.35. The number of rotatable bonds is 4. The number of carbonyl (C=O) groups is 2. The van der Waals surface area contributed by atoms with Crippen molar-refractivity contribution in [2.24, 2.45) is 0 Å². The van der Waals surface area contributed by atoms with Gasteiger partial charge in [-0.1, -0.05) is 30.0 Å². The molecule has 0 atom stereocenters. The van der Waals surface area contributed by atoms with Crippen LogP contribution in [0.5, 0.6) is 5.75 Å². The lowest BCUT2D eigenvalue weighted by Crippen LogP contribution is -2.27. The molecule has 0 heterocycles. The molecule has 0 radical (unpaired) electrons. The molecule has 134 valence electrons. The predicted octanol–water partition coefficient (Wildman–Crippen LogP) is 4.01. The average molecular weight is 350 g/mol. The fraction of sp³-hybridized carbons (Fsp3) is 0.273. The Morgan fingerprint density at radius 1 is 1.00 bits per heavy atom. The van der Waals surface area contributed by atoms with Crippen LogP contribution in [0.1, 0.15) is 49.2 Å². The van der Waals surface area contributed by atoms with E-state index in [2.05, 4.69) is 11.8 Å². The molecule has 0 aromatic heterocycles. The van der Waals surface area contributed by atoms with E-state index in [-0.39, 0.29) is 12.4 Å². The summed E-state index contributed by atoms with van der Waals surface area (Å²) in [5.74, 6) is 5.89. The molecule has 0 amide bonds. The second-order valence-electron chi connectivity index (χ2n) is 6.76. The molecule has 0 saturated carbocycles. The van der Waals surface area contributed by atoms with E-state index in [1.807, 2.05) is 30.3 Å². The third-order valence-electron chi connectivity index (χ3n) is 3.27. The van der Waals surface area contributed by atoms with Crippen molar-refractivity contribution in [1.29, 1.82) is 0 Å². The van der Waals surface area contributed by atoms with Crippen molar-refractivity contribution in [1.82, 2.24) is 0 Å². The number of carbonyl (C=O) groups excluding carboxylic acids is 2. The summed E-state index contributed by atoms with van der Waals surface area (Å²) in [6, 6.07) is 14.5. The minimum Gasteiger partial charge on any atom is -0.481 e. The van der Waals surface area contributed by atoms with E-state index < -0.39 is 11.6 Å². The average Bonchev–Trinajstić information content (AvgIpc) is 2.57. The molecule has 26 heavy (non-hydrogen) atoms. The number of hydrogen-bond donors (Lipinski definition) is 0. The van der Waals surface area contributed by atoms with Crippen LogP contribution in [-0.2, 0) is 9.53 Å². The molecular formula is C22H22O4. The van der Waals surface area contributed by atoms with E-state index in [0.717, 1.165) is 5.56 Å². The highest BCUT2D eigenvalue weighted by molar-refractivity contribution is 5.94. The summed E-state index contributed by atoms with van der Waals surface area (Å²) in [4.78, 5) is 23.5. The van der Waals surface area contributed by atoms with Crippen LogP contribution in [0.2, 0.25) is 0 Å². The lowest BCUT2D eigenvalue weighted by atomic mass is 10.1. The third-order valence-corrected chi connectivity index (χ3v) is 3.27. The molecule has 2 aromatic rings. The van der Waals surface area contributed by atoms with E-state index >= 15 is 0 Å². The SMILES string of the molecule is CC(=O)c1ccc(C#Cc2ccccc2)c(OCC(=O)OC(C)(C)C)c1. The van der Waals surface area contributed by atoms with Gasteiger partial charge in [-0.25, -0.2) is 4.79 Å². The molecule has 0 spiro atoms. The Hall–Kier alpha value is -3.06. The van der Waals surface area contributed by atoms with Gasteiger partial charge in [-0.05, 0) is 58.0 Å². The molecule has 0 aliphatic rings. The fourth-order valence-electron chi connectivity index (χ4n) is 2.13. The quantitative estimate of drug-likeness (QED) is 0.475. The summed E-state index contributed by atoms with van der Waals surface area (Å²) in [5.41, 5.74) is 1.37. The first-order chi connectivity index (χ1) is 12.2. The topological polar surface area (TPSA) is 52.6 Å². The van der Waals surface area contributed by atoms with Gasteiger partial charge in [-0.2, -0.15) is 0 Å². The number of ketones is 1. The van der Waals surface area contributed by atoms with Crippen molar-refractivity contribution in [2.45, 2.75) is 33.3 Å². The normalized spacial score (nSPS) is 10.5. The highest BCUT2D eigenvalue weighted by atomic mass is 16.6. The Labute approximate surface area is 154 Å². The molecule has 0 N–H and O–H groups in total. The molecule has 0 aliphatic heterocycles. The molecule has 0 aliphatic carbocycles. The number of esters is 1. The highest BCUT2D eigenvalue weighted by Crippen LogP contribution is 2.21. The van der Waals surface area contributed by atoms with Crippen LogP contribution in [-0.4, -0.2) is 24.0 Å². The van der Waals surface area contributed by atoms with Gasteiger partial charge >= 0.3 is 5.97 Å². The van der Waals surface area contributed by atoms with Gasteiger partial charge in [0.2, 0.25) is 0 Å². The summed E-state index contributed by atoms with van der Waals surface area (Å²) in [6.07, 6.45) is 0. The maximum atomic E-state index is 11.9. The number of hydrogen-bond acceptors (Lipinski definition) is 4. The molecule has 4 heteroatoms. The van der Waals surface area contributed by atoms with Crippen molar-refractivity contribution in [3.63, 3.8) is 0 Å². The molecule has 0 saturated heterocycles. The fourth-order valence-corrected chi connectivity index (χ4v) is 2.13. The predicted molar refractivity (Wildman–Crippen MR) is 100 cm³/mol. The molecule has 2 aromatic carbocycles. The Bertz CT molecular complexity index is 849. The lowest BCUT2D eigenvalue weighted by Gasteiger charge is -2.19. The summed E-state index contributed by atoms with van der Waals surface area (Å²) >= 11 is 0. The van der Waals surface area contributed by atoms with Crippen LogP contribution in [0.4, 0.5) is 0 Å². The minimum absolute atomic E-state index is 0.0883. The molecule has 0 unspecified atom stereocenters. The minimum atomic E-state index is -0.586. The van der Waals surface area contributed by atoms with E-state index in [1.54, 1.807) is 39.0 Å². The first kappa shape index (κ1) is 19.3. The van der Waals surface area contributed by atoms with Crippen LogP contribution >= 0.6 is 0 Å². The number of Topliss-reactive ketones (excluding diaryl/α,β-unsaturated/α-hetero) is 1. The van der Waals surface area contributed by atoms with E-state index in [4.69, 9.17) is 9.47 Å². The molecule has 0 fully saturated rings. The molecular weight excluding hydrogens is 328 g/mol. The van der Waals surface area contributed by atoms with Crippen LogP contribution in [0.3, 0.4) is 0 Å². The number of ether oxygens (including phenoxy) is 2. The second-order valence-corrected chi connectivity index (χ2v) is 6.76. The zero-order valence-corrected chi connectivity index (χ0v) is 15.5. The van der Waals surface area contributed by atoms with Crippen molar-refractivity contribution >= 4 is 11.8 Å². The third kappa shape index (κ3) is 6.10. The van der Waals surface area contributed by atoms with Gasteiger partial charge in [0, 0.05) is 11.1 Å². The van der Waals surface area contributed by atoms with Gasteiger partial charge in [0.15, 0.2) is 12.4 Å². The lowest BCUT2D eigenvalue weighted by molar-refractivity contribution is -0.157. The van der Waals surface area contributed by atoms with Crippen LogP contribution in [0.15, 0.2) is 48.5 Å². The molecule has 4 nitrogen and oxygen atoms in total. The highest BCUT2D eigenvalue weighted by Gasteiger charge is 2.17. The Morgan fingerprint density at radius 2 is 1.69 bits per heavy atom. The monoisotopic (exact) mass is 350 g/mol. The van der Waals surface area contributed by atoms with E-state index in [1.165, 1.54) is 6.92 Å². The zero-order valence-electron chi connectivity index (χ0n) is 15.5. The summed E-state index contributed by atoms with van der Waals surface area (Å²) in [6.45, 7) is 6.59. The van der Waals surface area contributed by atoms with E-state index in [0.29, 0.717) is 16.9 Å². The van der Waals surface area contributed by atoms with Crippen molar-refractivity contribution < 1.29 is 19.1 Å². The maximum Gasteiger partial charge on any atom is 0.344 e. The summed E-state index contributed by atoms with van der Waals surface area (Å²) < 4.78 is 10.8. The van der Waals surface area contributed by atoms with Gasteiger partial charge in [-0.15, -0.1) is 0 Å². The standard InChI is InChI=1S/C22H22O4/c1-16(23)19-13-12-18(11-10-17-8-6-5-7-9-17)20(14-19)25-15-21(24)26-22(2,3)4/h5-9,12-14H,15H2,1-4H3. The molecule has 2 rings (SSSR count). The first-order valence-corrected chi connectivity index (χ1v) is 8.31. The van der Waals surface area contributed by atoms with Gasteiger partial charge in [0.25, 0.3) is 0 Å². The Morgan fingerprint density at radius 3 is 2.31 bits per heavy atom. The van der Waals surface area contributed by atoms with Crippen LogP contribution in [0, 0.1) is 11.8 Å². The van der Waals surface area contributed by atoms with Gasteiger partial charge < -0.3 is 9.47 Å². The Kier molecular flexibility index (Phi) is 6.19. The molecule has 0 bridgehead atoms. The summed E-state index contributed by atoms with van der Waals surface area (Å²) in [7, 11) is 0.